The Labute approximate surface area is 154 Å². The van der Waals surface area contributed by atoms with Gasteiger partial charge in [-0.1, -0.05) is 76.9 Å². The van der Waals surface area contributed by atoms with E-state index in [-0.39, 0.29) is 0 Å². The van der Waals surface area contributed by atoms with Gasteiger partial charge in [0, 0.05) is 6.61 Å². The first kappa shape index (κ1) is 25.9. The number of carbonyl (C=O) groups excluding carboxylic acids is 2. The lowest BCUT2D eigenvalue weighted by Gasteiger charge is -1.99. The van der Waals surface area contributed by atoms with E-state index in [1.54, 1.807) is 0 Å². The third kappa shape index (κ3) is 27.8. The lowest BCUT2D eigenvalue weighted by molar-refractivity contribution is -0.135. The van der Waals surface area contributed by atoms with Gasteiger partial charge in [-0.2, -0.15) is 0 Å². The Kier molecular flexibility index (Phi) is 23.4. The van der Waals surface area contributed by atoms with Crippen LogP contribution >= 0.6 is 0 Å². The minimum Gasteiger partial charge on any atom is -0.396 e. The highest BCUT2D eigenvalue weighted by atomic mass is 16.3. The number of allylic oxidation sites excluding steroid dienone is 2. The molecular formula is C20H40N2O3. The second-order valence-corrected chi connectivity index (χ2v) is 6.39. The van der Waals surface area contributed by atoms with Crippen molar-refractivity contribution in [3.05, 3.63) is 12.2 Å². The van der Waals surface area contributed by atoms with E-state index >= 15 is 0 Å². The number of hydrogen-bond acceptors (Lipinski definition) is 3. The van der Waals surface area contributed by atoms with Crippen LogP contribution in [0.4, 0.5) is 0 Å². The van der Waals surface area contributed by atoms with Crippen molar-refractivity contribution in [3.8, 4) is 0 Å². The number of aliphatic hydroxyl groups is 1. The van der Waals surface area contributed by atoms with Crippen LogP contribution in [0, 0.1) is 0 Å². The SMILES string of the molecule is CCCCCCCC/C=C\CCCCCCCCO.NC(=O)C(N)=O. The van der Waals surface area contributed by atoms with Crippen LogP contribution in [0.15, 0.2) is 12.2 Å². The molecule has 5 N–H and O–H groups in total. The Morgan fingerprint density at radius 1 is 0.680 bits per heavy atom. The molecule has 0 aliphatic carbocycles. The molecule has 0 spiro atoms. The minimum absolute atomic E-state index is 0.362. The smallest absolute Gasteiger partial charge is 0.306 e. The van der Waals surface area contributed by atoms with Gasteiger partial charge in [0.15, 0.2) is 0 Å². The number of unbranched alkanes of at least 4 members (excludes halogenated alkanes) is 12. The van der Waals surface area contributed by atoms with Crippen LogP contribution in [-0.2, 0) is 9.59 Å². The van der Waals surface area contributed by atoms with E-state index in [0.29, 0.717) is 6.61 Å². The molecule has 0 saturated carbocycles. The highest BCUT2D eigenvalue weighted by Gasteiger charge is 1.96. The predicted octanol–water partition coefficient (Wildman–Crippen LogP) is 3.97. The van der Waals surface area contributed by atoms with Crippen molar-refractivity contribution in [2.24, 2.45) is 11.5 Å². The van der Waals surface area contributed by atoms with E-state index in [1.165, 1.54) is 83.5 Å². The number of aliphatic hydroxyl groups excluding tert-OH is 1. The Morgan fingerprint density at radius 2 is 1.04 bits per heavy atom. The van der Waals surface area contributed by atoms with Gasteiger partial charge in [-0.15, -0.1) is 0 Å². The Hall–Kier alpha value is -1.36. The molecule has 0 aromatic heterocycles. The van der Waals surface area contributed by atoms with Crippen LogP contribution in [0.3, 0.4) is 0 Å². The first-order valence-electron chi connectivity index (χ1n) is 9.91. The highest BCUT2D eigenvalue weighted by molar-refractivity contribution is 6.33. The Morgan fingerprint density at radius 3 is 1.40 bits per heavy atom. The zero-order valence-corrected chi connectivity index (χ0v) is 16.2. The Bertz CT molecular complexity index is 319. The van der Waals surface area contributed by atoms with Gasteiger partial charge in [-0.05, 0) is 32.1 Å². The maximum Gasteiger partial charge on any atom is 0.306 e. The van der Waals surface area contributed by atoms with E-state index in [2.05, 4.69) is 30.5 Å². The van der Waals surface area contributed by atoms with Crippen molar-refractivity contribution in [1.29, 1.82) is 0 Å². The topological polar surface area (TPSA) is 106 Å². The van der Waals surface area contributed by atoms with Crippen molar-refractivity contribution in [2.75, 3.05) is 6.61 Å². The van der Waals surface area contributed by atoms with E-state index in [4.69, 9.17) is 5.11 Å². The third-order valence-corrected chi connectivity index (χ3v) is 3.91. The molecule has 2 amide bonds. The van der Waals surface area contributed by atoms with E-state index < -0.39 is 11.8 Å². The molecule has 5 nitrogen and oxygen atoms in total. The van der Waals surface area contributed by atoms with E-state index in [9.17, 15) is 9.59 Å². The van der Waals surface area contributed by atoms with Gasteiger partial charge in [0.25, 0.3) is 0 Å². The molecule has 0 saturated heterocycles. The third-order valence-electron chi connectivity index (χ3n) is 3.91. The molecule has 0 aliphatic heterocycles. The van der Waals surface area contributed by atoms with Crippen LogP contribution in [0.25, 0.3) is 0 Å². The quantitative estimate of drug-likeness (QED) is 0.235. The molecule has 0 aliphatic rings. The summed E-state index contributed by atoms with van der Waals surface area (Å²) in [6.45, 7) is 2.64. The predicted molar refractivity (Wildman–Crippen MR) is 105 cm³/mol. The summed E-state index contributed by atoms with van der Waals surface area (Å²) < 4.78 is 0. The first-order chi connectivity index (χ1) is 12.1. The van der Waals surface area contributed by atoms with Crippen LogP contribution in [0.2, 0.25) is 0 Å². The summed E-state index contributed by atoms with van der Waals surface area (Å²) >= 11 is 0. The van der Waals surface area contributed by atoms with Crippen molar-refractivity contribution < 1.29 is 14.7 Å². The molecule has 0 aromatic rings. The molecule has 0 atom stereocenters. The van der Waals surface area contributed by atoms with Gasteiger partial charge < -0.3 is 16.6 Å². The molecule has 0 aromatic carbocycles. The lowest BCUT2D eigenvalue weighted by Crippen LogP contribution is -2.29. The van der Waals surface area contributed by atoms with E-state index in [0.717, 1.165) is 6.42 Å². The van der Waals surface area contributed by atoms with Gasteiger partial charge in [0.05, 0.1) is 0 Å². The average molecular weight is 357 g/mol. The molecule has 25 heavy (non-hydrogen) atoms. The molecule has 0 fully saturated rings. The second-order valence-electron chi connectivity index (χ2n) is 6.39. The fourth-order valence-electron chi connectivity index (χ4n) is 2.36. The summed E-state index contributed by atoms with van der Waals surface area (Å²) in [4.78, 5) is 18.9. The number of rotatable bonds is 15. The van der Waals surface area contributed by atoms with Crippen LogP contribution < -0.4 is 11.5 Å². The van der Waals surface area contributed by atoms with Gasteiger partial charge in [0.2, 0.25) is 0 Å². The van der Waals surface area contributed by atoms with Crippen molar-refractivity contribution >= 4 is 11.8 Å². The number of nitrogens with two attached hydrogens (primary N) is 2. The normalized spacial score (nSPS) is 10.5. The highest BCUT2D eigenvalue weighted by Crippen LogP contribution is 2.09. The number of hydrogen-bond donors (Lipinski definition) is 3. The lowest BCUT2D eigenvalue weighted by atomic mass is 10.1. The molecule has 5 heteroatoms. The van der Waals surface area contributed by atoms with Crippen molar-refractivity contribution in [2.45, 2.75) is 96.8 Å². The standard InChI is InChI=1S/C18H36O.C2H4N2O2/c1-2-3-4-5-6-7-8-9-10-11-12-13-14-15-16-17-18-19;3-1(5)2(4)6/h9-10,19H,2-8,11-18H2,1H3;(H2,3,5)(H2,4,6)/b10-9-;. The molecule has 0 heterocycles. The summed E-state index contributed by atoms with van der Waals surface area (Å²) in [6.07, 6.45) is 23.2. The zero-order chi connectivity index (χ0) is 19.2. The molecule has 0 bridgehead atoms. The first-order valence-corrected chi connectivity index (χ1v) is 9.91. The summed E-state index contributed by atoms with van der Waals surface area (Å²) in [5, 5.41) is 8.66. The molecule has 0 unspecified atom stereocenters. The molecule has 0 rings (SSSR count). The van der Waals surface area contributed by atoms with Crippen molar-refractivity contribution in [1.82, 2.24) is 0 Å². The summed E-state index contributed by atoms with van der Waals surface area (Å²) in [5.41, 5.74) is 8.64. The maximum atomic E-state index is 9.45. The summed E-state index contributed by atoms with van der Waals surface area (Å²) in [5.74, 6) is -2.20. The maximum absolute atomic E-state index is 9.45. The number of primary amides is 2. The second kappa shape index (κ2) is 22.6. The van der Waals surface area contributed by atoms with Gasteiger partial charge >= 0.3 is 11.8 Å². The number of carbonyl (C=O) groups is 2. The van der Waals surface area contributed by atoms with Crippen LogP contribution in [0.5, 0.6) is 0 Å². The van der Waals surface area contributed by atoms with E-state index in [1.807, 2.05) is 0 Å². The molecule has 0 radical (unpaired) electrons. The zero-order valence-electron chi connectivity index (χ0n) is 16.2. The summed E-state index contributed by atoms with van der Waals surface area (Å²) in [7, 11) is 0. The molecule has 148 valence electrons. The van der Waals surface area contributed by atoms with Crippen molar-refractivity contribution in [3.63, 3.8) is 0 Å². The largest absolute Gasteiger partial charge is 0.396 e. The average Bonchev–Trinajstić information content (AvgIpc) is 2.59. The van der Waals surface area contributed by atoms with Crippen LogP contribution in [0.1, 0.15) is 96.8 Å². The van der Waals surface area contributed by atoms with Crippen LogP contribution in [-0.4, -0.2) is 23.5 Å². The van der Waals surface area contributed by atoms with Gasteiger partial charge in [0.1, 0.15) is 0 Å². The fourth-order valence-corrected chi connectivity index (χ4v) is 2.36. The van der Waals surface area contributed by atoms with Gasteiger partial charge in [-0.25, -0.2) is 0 Å². The van der Waals surface area contributed by atoms with Gasteiger partial charge in [-0.3, -0.25) is 9.59 Å². The molecular weight excluding hydrogens is 316 g/mol. The number of amides is 2. The Balaban J connectivity index is 0. The minimum atomic E-state index is -1.10. The monoisotopic (exact) mass is 356 g/mol. The summed E-state index contributed by atoms with van der Waals surface area (Å²) in [6, 6.07) is 0. The fraction of sp³-hybridized carbons (Fsp3) is 0.800.